The molecule has 1 saturated heterocycles. The van der Waals surface area contributed by atoms with Gasteiger partial charge in [-0.05, 0) is 26.0 Å². The van der Waals surface area contributed by atoms with Gasteiger partial charge in [-0.1, -0.05) is 0 Å². The lowest BCUT2D eigenvalue weighted by Gasteiger charge is -2.30. The summed E-state index contributed by atoms with van der Waals surface area (Å²) in [5.41, 5.74) is 1.00. The van der Waals surface area contributed by atoms with E-state index in [0.717, 1.165) is 30.8 Å². The van der Waals surface area contributed by atoms with E-state index in [1.165, 1.54) is 0 Å². The lowest BCUT2D eigenvalue weighted by atomic mass is 9.96. The molecule has 5 heteroatoms. The van der Waals surface area contributed by atoms with Crippen LogP contribution >= 0.6 is 0 Å². The molecule has 5 nitrogen and oxygen atoms in total. The minimum absolute atomic E-state index is 0.0101. The van der Waals surface area contributed by atoms with Gasteiger partial charge in [0.05, 0.1) is 27.4 Å². The summed E-state index contributed by atoms with van der Waals surface area (Å²) >= 11 is 0. The number of nitrogens with one attached hydrogen (secondary N) is 1. The van der Waals surface area contributed by atoms with Crippen LogP contribution in [0.15, 0.2) is 12.1 Å². The predicted molar refractivity (Wildman–Crippen MR) is 76.9 cm³/mol. The van der Waals surface area contributed by atoms with Gasteiger partial charge in [-0.15, -0.1) is 0 Å². The van der Waals surface area contributed by atoms with Crippen molar-refractivity contribution in [1.82, 2.24) is 5.32 Å². The van der Waals surface area contributed by atoms with Gasteiger partial charge in [-0.2, -0.15) is 0 Å². The average Bonchev–Trinajstić information content (AvgIpc) is 2.53. The van der Waals surface area contributed by atoms with Gasteiger partial charge in [-0.25, -0.2) is 0 Å². The molecule has 1 N–H and O–H groups in total. The molecule has 0 saturated carbocycles. The summed E-state index contributed by atoms with van der Waals surface area (Å²) < 4.78 is 22.0. The van der Waals surface area contributed by atoms with Gasteiger partial charge in [0, 0.05) is 24.3 Å². The van der Waals surface area contributed by atoms with E-state index in [1.807, 2.05) is 19.2 Å². The molecule has 1 fully saturated rings. The summed E-state index contributed by atoms with van der Waals surface area (Å²) in [5, 5.41) is 3.32. The topological polar surface area (TPSA) is 49.0 Å². The van der Waals surface area contributed by atoms with E-state index < -0.39 is 0 Å². The second-order valence-electron chi connectivity index (χ2n) is 4.82. The molecule has 0 aliphatic carbocycles. The van der Waals surface area contributed by atoms with Crippen LogP contribution in [0.5, 0.6) is 17.2 Å². The maximum absolute atomic E-state index is 5.90. The molecule has 1 aromatic rings. The van der Waals surface area contributed by atoms with Gasteiger partial charge in [0.15, 0.2) is 11.5 Å². The number of methoxy groups -OCH3 is 3. The molecule has 2 unspecified atom stereocenters. The van der Waals surface area contributed by atoms with Gasteiger partial charge >= 0.3 is 0 Å². The zero-order chi connectivity index (χ0) is 14.5. The van der Waals surface area contributed by atoms with Gasteiger partial charge in [0.2, 0.25) is 0 Å². The summed E-state index contributed by atoms with van der Waals surface area (Å²) in [6.45, 7) is 0.744. The Morgan fingerprint density at radius 3 is 2.30 bits per heavy atom. The largest absolute Gasteiger partial charge is 0.496 e. The summed E-state index contributed by atoms with van der Waals surface area (Å²) in [6.07, 6.45) is 1.96. The fraction of sp³-hybridized carbons (Fsp3) is 0.600. The van der Waals surface area contributed by atoms with Crippen LogP contribution in [0.1, 0.15) is 24.5 Å². The lowest BCUT2D eigenvalue weighted by molar-refractivity contribution is 0.000179. The Kier molecular flexibility index (Phi) is 5.09. The standard InChI is InChI=1S/C15H23NO4/c1-16-10-5-6-20-13(7-10)11-8-14(18-3)15(19-4)9-12(11)17-2/h8-10,13,16H,5-7H2,1-4H3. The van der Waals surface area contributed by atoms with E-state index in [0.29, 0.717) is 17.5 Å². The van der Waals surface area contributed by atoms with Crippen LogP contribution in [0.25, 0.3) is 0 Å². The third-order valence-electron chi connectivity index (χ3n) is 3.77. The first kappa shape index (κ1) is 14.9. The molecule has 0 bridgehead atoms. The van der Waals surface area contributed by atoms with E-state index in [4.69, 9.17) is 18.9 Å². The van der Waals surface area contributed by atoms with Crippen LogP contribution in [0, 0.1) is 0 Å². The highest BCUT2D eigenvalue weighted by molar-refractivity contribution is 5.51. The van der Waals surface area contributed by atoms with Crippen molar-refractivity contribution in [3.63, 3.8) is 0 Å². The van der Waals surface area contributed by atoms with E-state index in [-0.39, 0.29) is 6.10 Å². The van der Waals surface area contributed by atoms with Crippen molar-refractivity contribution in [2.75, 3.05) is 35.0 Å². The fourth-order valence-corrected chi connectivity index (χ4v) is 2.58. The van der Waals surface area contributed by atoms with Crippen LogP contribution in [0.4, 0.5) is 0 Å². The smallest absolute Gasteiger partial charge is 0.164 e. The van der Waals surface area contributed by atoms with Crippen molar-refractivity contribution in [3.05, 3.63) is 17.7 Å². The zero-order valence-electron chi connectivity index (χ0n) is 12.6. The van der Waals surface area contributed by atoms with E-state index in [9.17, 15) is 0 Å². The highest BCUT2D eigenvalue weighted by Crippen LogP contribution is 2.41. The Morgan fingerprint density at radius 2 is 1.70 bits per heavy atom. The zero-order valence-corrected chi connectivity index (χ0v) is 12.6. The highest BCUT2D eigenvalue weighted by Gasteiger charge is 2.26. The maximum Gasteiger partial charge on any atom is 0.164 e. The lowest BCUT2D eigenvalue weighted by Crippen LogP contribution is -2.33. The normalized spacial score (nSPS) is 22.4. The van der Waals surface area contributed by atoms with E-state index >= 15 is 0 Å². The highest BCUT2D eigenvalue weighted by atomic mass is 16.5. The summed E-state index contributed by atoms with van der Waals surface area (Å²) in [5.74, 6) is 2.12. The Balaban J connectivity index is 2.33. The number of benzene rings is 1. The van der Waals surface area contributed by atoms with Gasteiger partial charge in [0.1, 0.15) is 5.75 Å². The Hall–Kier alpha value is -1.46. The number of rotatable bonds is 5. The van der Waals surface area contributed by atoms with Crippen LogP contribution in [0.2, 0.25) is 0 Å². The SMILES string of the molecule is CNC1CCOC(c2cc(OC)c(OC)cc2OC)C1. The van der Waals surface area contributed by atoms with Crippen LogP contribution < -0.4 is 19.5 Å². The van der Waals surface area contributed by atoms with Gasteiger partial charge < -0.3 is 24.3 Å². The van der Waals surface area contributed by atoms with Crippen LogP contribution in [0.3, 0.4) is 0 Å². The van der Waals surface area contributed by atoms with Crippen molar-refractivity contribution >= 4 is 0 Å². The third-order valence-corrected chi connectivity index (χ3v) is 3.77. The van der Waals surface area contributed by atoms with Crippen molar-refractivity contribution < 1.29 is 18.9 Å². The molecule has 1 aliphatic heterocycles. The molecule has 2 rings (SSSR count). The summed E-state index contributed by atoms with van der Waals surface area (Å²) in [4.78, 5) is 0. The van der Waals surface area contributed by atoms with Gasteiger partial charge in [0.25, 0.3) is 0 Å². The first-order valence-corrected chi connectivity index (χ1v) is 6.82. The number of hydrogen-bond acceptors (Lipinski definition) is 5. The van der Waals surface area contributed by atoms with Crippen molar-refractivity contribution in [3.8, 4) is 17.2 Å². The first-order chi connectivity index (χ1) is 9.73. The quantitative estimate of drug-likeness (QED) is 0.896. The molecule has 0 radical (unpaired) electrons. The molecule has 0 amide bonds. The Morgan fingerprint density at radius 1 is 1.05 bits per heavy atom. The molecule has 1 aromatic carbocycles. The minimum atomic E-state index is 0.0101. The third kappa shape index (κ3) is 2.99. The van der Waals surface area contributed by atoms with Crippen LogP contribution in [-0.4, -0.2) is 41.0 Å². The molecule has 0 spiro atoms. The van der Waals surface area contributed by atoms with Crippen molar-refractivity contribution in [2.24, 2.45) is 0 Å². The Labute approximate surface area is 120 Å². The van der Waals surface area contributed by atoms with Crippen LogP contribution in [-0.2, 0) is 4.74 Å². The monoisotopic (exact) mass is 281 g/mol. The Bertz CT molecular complexity index is 450. The van der Waals surface area contributed by atoms with Crippen molar-refractivity contribution in [2.45, 2.75) is 25.0 Å². The minimum Gasteiger partial charge on any atom is -0.496 e. The average molecular weight is 281 g/mol. The second kappa shape index (κ2) is 6.81. The molecule has 1 aliphatic rings. The predicted octanol–water partition coefficient (Wildman–Crippen LogP) is 2.15. The molecule has 0 aromatic heterocycles. The second-order valence-corrected chi connectivity index (χ2v) is 4.82. The molecule has 112 valence electrons. The molecular weight excluding hydrogens is 258 g/mol. The summed E-state index contributed by atoms with van der Waals surface area (Å²) in [6, 6.07) is 4.26. The molecule has 2 atom stereocenters. The first-order valence-electron chi connectivity index (χ1n) is 6.82. The molecule has 1 heterocycles. The maximum atomic E-state index is 5.90. The number of ether oxygens (including phenoxy) is 4. The summed E-state index contributed by atoms with van der Waals surface area (Å²) in [7, 11) is 6.89. The van der Waals surface area contributed by atoms with Crippen molar-refractivity contribution in [1.29, 1.82) is 0 Å². The fourth-order valence-electron chi connectivity index (χ4n) is 2.58. The molecular formula is C15H23NO4. The number of hydrogen-bond donors (Lipinski definition) is 1. The molecule has 20 heavy (non-hydrogen) atoms. The van der Waals surface area contributed by atoms with E-state index in [2.05, 4.69) is 5.32 Å². The van der Waals surface area contributed by atoms with E-state index in [1.54, 1.807) is 21.3 Å². The van der Waals surface area contributed by atoms with Gasteiger partial charge in [-0.3, -0.25) is 0 Å².